The first-order valence-corrected chi connectivity index (χ1v) is 10.6. The van der Waals surface area contributed by atoms with Crippen molar-refractivity contribution in [1.82, 2.24) is 9.71 Å². The molecule has 1 saturated heterocycles. The minimum Gasteiger partial charge on any atom is -0.495 e. The summed E-state index contributed by atoms with van der Waals surface area (Å²) in [5.41, 5.74) is 1.92. The van der Waals surface area contributed by atoms with Crippen molar-refractivity contribution in [2.75, 3.05) is 25.1 Å². The molecule has 2 aromatic rings. The Balaban J connectivity index is 1.77. The monoisotopic (exact) mass is 381 g/mol. The molecule has 1 atom stereocenters. The normalized spacial score (nSPS) is 17.9. The van der Waals surface area contributed by atoms with E-state index in [-0.39, 0.29) is 10.9 Å². The number of benzene rings is 1. The Morgan fingerprint density at radius 3 is 2.80 bits per heavy atom. The first-order chi connectivity index (χ1) is 11.9. The van der Waals surface area contributed by atoms with Crippen molar-refractivity contribution in [1.29, 1.82) is 0 Å². The van der Waals surface area contributed by atoms with Gasteiger partial charge >= 0.3 is 0 Å². The number of nitrogens with zero attached hydrogens (tertiary/aromatic N) is 2. The average molecular weight is 382 g/mol. The molecule has 1 aliphatic rings. The highest BCUT2D eigenvalue weighted by molar-refractivity contribution is 7.89. The van der Waals surface area contributed by atoms with E-state index in [1.165, 1.54) is 7.11 Å². The predicted molar refractivity (Wildman–Crippen MR) is 100 cm³/mol. The van der Waals surface area contributed by atoms with Crippen LogP contribution in [0.25, 0.3) is 0 Å². The van der Waals surface area contributed by atoms with Crippen molar-refractivity contribution in [2.45, 2.75) is 37.6 Å². The lowest BCUT2D eigenvalue weighted by Gasteiger charge is -2.24. The third-order valence-electron chi connectivity index (χ3n) is 4.62. The van der Waals surface area contributed by atoms with Crippen molar-refractivity contribution in [3.05, 3.63) is 34.8 Å². The molecule has 0 aliphatic carbocycles. The first kappa shape index (κ1) is 18.2. The van der Waals surface area contributed by atoms with E-state index < -0.39 is 10.0 Å². The third kappa shape index (κ3) is 3.80. The topological polar surface area (TPSA) is 71.5 Å². The van der Waals surface area contributed by atoms with E-state index in [2.05, 4.69) is 14.6 Å². The lowest BCUT2D eigenvalue weighted by atomic mass is 10.1. The van der Waals surface area contributed by atoms with Gasteiger partial charge in [0.25, 0.3) is 0 Å². The fourth-order valence-corrected chi connectivity index (χ4v) is 5.12. The molecular formula is C17H23N3O3S2. The minimum absolute atomic E-state index is 0.124. The zero-order valence-corrected chi connectivity index (χ0v) is 16.3. The molecule has 3 rings (SSSR count). The van der Waals surface area contributed by atoms with Crippen LogP contribution in [0.3, 0.4) is 0 Å². The molecule has 1 fully saturated rings. The van der Waals surface area contributed by atoms with Gasteiger partial charge in [-0.25, -0.2) is 18.1 Å². The Labute approximate surface area is 152 Å². The number of methoxy groups -OCH3 is 1. The van der Waals surface area contributed by atoms with Gasteiger partial charge in [0.05, 0.1) is 7.11 Å². The van der Waals surface area contributed by atoms with Crippen LogP contribution in [0.1, 0.15) is 24.0 Å². The number of anilines is 1. The molecule has 0 bridgehead atoms. The van der Waals surface area contributed by atoms with Gasteiger partial charge in [0.15, 0.2) is 5.13 Å². The molecule has 0 radical (unpaired) electrons. The summed E-state index contributed by atoms with van der Waals surface area (Å²) < 4.78 is 33.6. The lowest BCUT2D eigenvalue weighted by molar-refractivity contribution is 0.401. The Hall–Kier alpha value is -1.64. The number of nitrogens with one attached hydrogen (secondary N) is 1. The number of aryl methyl sites for hydroxylation is 2. The van der Waals surface area contributed by atoms with Gasteiger partial charge in [-0.05, 0) is 49.9 Å². The molecular weight excluding hydrogens is 358 g/mol. The first-order valence-electron chi connectivity index (χ1n) is 8.23. The molecule has 1 N–H and O–H groups in total. The number of sulfonamides is 1. The summed E-state index contributed by atoms with van der Waals surface area (Å²) in [5, 5.41) is 2.89. The summed E-state index contributed by atoms with van der Waals surface area (Å²) in [7, 11) is -2.15. The maximum atomic E-state index is 12.8. The van der Waals surface area contributed by atoms with Gasteiger partial charge < -0.3 is 9.64 Å². The summed E-state index contributed by atoms with van der Waals surface area (Å²) in [6, 6.07) is 3.56. The van der Waals surface area contributed by atoms with Crippen LogP contribution in [0.5, 0.6) is 5.75 Å². The summed E-state index contributed by atoms with van der Waals surface area (Å²) in [4.78, 5) is 6.72. The van der Waals surface area contributed by atoms with Crippen molar-refractivity contribution in [3.8, 4) is 5.75 Å². The predicted octanol–water partition coefficient (Wildman–Crippen LogP) is 2.72. The van der Waals surface area contributed by atoms with Gasteiger partial charge in [-0.15, -0.1) is 11.3 Å². The molecule has 25 heavy (non-hydrogen) atoms. The Morgan fingerprint density at radius 1 is 1.36 bits per heavy atom. The van der Waals surface area contributed by atoms with E-state index in [4.69, 9.17) is 4.74 Å². The molecule has 0 saturated carbocycles. The van der Waals surface area contributed by atoms with E-state index in [9.17, 15) is 8.42 Å². The summed E-state index contributed by atoms with van der Waals surface area (Å²) in [6.07, 6.45) is 3.77. The number of rotatable bonds is 6. The van der Waals surface area contributed by atoms with Gasteiger partial charge in [0.2, 0.25) is 10.0 Å². The van der Waals surface area contributed by atoms with Crippen LogP contribution < -0.4 is 14.4 Å². The number of aromatic nitrogens is 1. The zero-order chi connectivity index (χ0) is 18.0. The average Bonchev–Trinajstić information content (AvgIpc) is 3.25. The third-order valence-corrected chi connectivity index (χ3v) is 6.87. The Bertz CT molecular complexity index is 835. The minimum atomic E-state index is -3.64. The van der Waals surface area contributed by atoms with E-state index >= 15 is 0 Å². The molecule has 1 unspecified atom stereocenters. The Kier molecular flexibility index (Phi) is 5.31. The van der Waals surface area contributed by atoms with Crippen LogP contribution in [0, 0.1) is 13.8 Å². The van der Waals surface area contributed by atoms with Crippen molar-refractivity contribution >= 4 is 26.5 Å². The largest absolute Gasteiger partial charge is 0.495 e. The molecule has 0 amide bonds. The second-order valence-corrected chi connectivity index (χ2v) is 8.85. The zero-order valence-electron chi connectivity index (χ0n) is 14.7. The Morgan fingerprint density at radius 2 is 2.12 bits per heavy atom. The highest BCUT2D eigenvalue weighted by Gasteiger charge is 2.29. The SMILES string of the molecule is COc1cc(C)c(C)cc1S(=O)(=O)NCC1CCCN1c1nccs1. The number of hydrogen-bond donors (Lipinski definition) is 1. The quantitative estimate of drug-likeness (QED) is 0.833. The van der Waals surface area contributed by atoms with Crippen molar-refractivity contribution < 1.29 is 13.2 Å². The van der Waals surface area contributed by atoms with Crippen molar-refractivity contribution in [2.24, 2.45) is 0 Å². The summed E-state index contributed by atoms with van der Waals surface area (Å²) in [6.45, 7) is 5.10. The van der Waals surface area contributed by atoms with Crippen LogP contribution in [0.4, 0.5) is 5.13 Å². The number of hydrogen-bond acceptors (Lipinski definition) is 6. The van der Waals surface area contributed by atoms with Crippen LogP contribution >= 0.6 is 11.3 Å². The molecule has 6 nitrogen and oxygen atoms in total. The van der Waals surface area contributed by atoms with Crippen LogP contribution in [-0.4, -0.2) is 39.6 Å². The van der Waals surface area contributed by atoms with E-state index in [1.807, 2.05) is 19.2 Å². The number of ether oxygens (including phenoxy) is 1. The van der Waals surface area contributed by atoms with Gasteiger partial charge in [-0.1, -0.05) is 0 Å². The molecule has 8 heteroatoms. The van der Waals surface area contributed by atoms with Gasteiger partial charge in [-0.2, -0.15) is 0 Å². The summed E-state index contributed by atoms with van der Waals surface area (Å²) >= 11 is 1.58. The molecule has 1 aromatic heterocycles. The van der Waals surface area contributed by atoms with Crippen LogP contribution in [0.15, 0.2) is 28.6 Å². The smallest absolute Gasteiger partial charge is 0.244 e. The second-order valence-electron chi connectivity index (χ2n) is 6.24. The van der Waals surface area contributed by atoms with Gasteiger partial charge in [0.1, 0.15) is 10.6 Å². The van der Waals surface area contributed by atoms with Crippen LogP contribution in [0.2, 0.25) is 0 Å². The standard InChI is InChI=1S/C17H23N3O3S2/c1-12-9-15(23-3)16(10-13(12)2)25(21,22)19-11-14-5-4-7-20(14)17-18-6-8-24-17/h6,8-10,14,19H,4-5,7,11H2,1-3H3. The molecule has 1 aromatic carbocycles. The second kappa shape index (κ2) is 7.31. The summed E-state index contributed by atoms with van der Waals surface area (Å²) in [5.74, 6) is 0.374. The van der Waals surface area contributed by atoms with Crippen LogP contribution in [-0.2, 0) is 10.0 Å². The molecule has 136 valence electrons. The van der Waals surface area contributed by atoms with Gasteiger partial charge in [-0.3, -0.25) is 0 Å². The van der Waals surface area contributed by atoms with Crippen molar-refractivity contribution in [3.63, 3.8) is 0 Å². The molecule has 1 aliphatic heterocycles. The fraction of sp³-hybridized carbons (Fsp3) is 0.471. The van der Waals surface area contributed by atoms with Gasteiger partial charge in [0, 0.05) is 30.7 Å². The lowest BCUT2D eigenvalue weighted by Crippen LogP contribution is -2.40. The fourth-order valence-electron chi connectivity index (χ4n) is 3.07. The maximum absolute atomic E-state index is 12.8. The van der Waals surface area contributed by atoms with E-state index in [0.717, 1.165) is 35.6 Å². The maximum Gasteiger partial charge on any atom is 0.244 e. The number of thiazole rings is 1. The highest BCUT2D eigenvalue weighted by atomic mass is 32.2. The highest BCUT2D eigenvalue weighted by Crippen LogP contribution is 2.29. The molecule has 2 heterocycles. The molecule has 0 spiro atoms. The van der Waals surface area contributed by atoms with E-state index in [1.54, 1.807) is 29.7 Å². The van der Waals surface area contributed by atoms with E-state index in [0.29, 0.717) is 12.3 Å².